The lowest BCUT2D eigenvalue weighted by Crippen LogP contribution is -2.41. The molecular formula is C20H28N2O4. The predicted octanol–water partition coefficient (Wildman–Crippen LogP) is 3.23. The molecule has 1 saturated heterocycles. The average molecular weight is 360 g/mol. The number of piperidine rings is 1. The maximum atomic E-state index is 12.4. The first-order chi connectivity index (χ1) is 12.5. The number of likely N-dealkylation sites (tertiary alicyclic amines) is 1. The molecule has 0 aliphatic carbocycles. The van der Waals surface area contributed by atoms with Crippen molar-refractivity contribution in [3.05, 3.63) is 29.8 Å². The van der Waals surface area contributed by atoms with Crippen molar-refractivity contribution in [1.82, 2.24) is 4.90 Å². The molecule has 1 N–H and O–H groups in total. The third kappa shape index (κ3) is 5.58. The number of benzene rings is 1. The normalized spacial score (nSPS) is 14.8. The second-order valence-corrected chi connectivity index (χ2v) is 6.55. The van der Waals surface area contributed by atoms with E-state index in [-0.39, 0.29) is 23.7 Å². The van der Waals surface area contributed by atoms with Crippen molar-refractivity contribution in [2.75, 3.05) is 25.0 Å². The summed E-state index contributed by atoms with van der Waals surface area (Å²) in [5.41, 5.74) is 1.12. The third-order valence-electron chi connectivity index (χ3n) is 4.63. The summed E-state index contributed by atoms with van der Waals surface area (Å²) in [6.45, 7) is 5.44. The lowest BCUT2D eigenvalue weighted by molar-refractivity contribution is -0.134. The Bertz CT molecular complexity index is 619. The Kier molecular flexibility index (Phi) is 7.63. The quantitative estimate of drug-likeness (QED) is 0.758. The van der Waals surface area contributed by atoms with Crippen LogP contribution in [0.1, 0.15) is 56.3 Å². The summed E-state index contributed by atoms with van der Waals surface area (Å²) in [5.74, 6) is -0.296. The molecule has 142 valence electrons. The summed E-state index contributed by atoms with van der Waals surface area (Å²) in [6.07, 6.45) is 3.90. The number of carbonyl (C=O) groups is 3. The van der Waals surface area contributed by atoms with Crippen LogP contribution in [-0.2, 0) is 14.3 Å². The maximum Gasteiger partial charge on any atom is 0.338 e. The smallest absolute Gasteiger partial charge is 0.338 e. The van der Waals surface area contributed by atoms with Gasteiger partial charge in [-0.2, -0.15) is 0 Å². The minimum atomic E-state index is -0.370. The van der Waals surface area contributed by atoms with Crippen molar-refractivity contribution in [2.24, 2.45) is 5.92 Å². The molecule has 0 aromatic heterocycles. The Hall–Kier alpha value is -2.37. The molecule has 0 radical (unpaired) electrons. The molecule has 1 aromatic rings. The highest BCUT2D eigenvalue weighted by Gasteiger charge is 2.27. The van der Waals surface area contributed by atoms with Crippen LogP contribution in [0, 0.1) is 5.92 Å². The SMILES string of the molecule is CCCCC(=O)N1CCC(C(=O)Nc2ccc(C(=O)OCC)cc2)CC1. The van der Waals surface area contributed by atoms with E-state index in [9.17, 15) is 14.4 Å². The molecule has 6 nitrogen and oxygen atoms in total. The van der Waals surface area contributed by atoms with Gasteiger partial charge in [0.2, 0.25) is 11.8 Å². The van der Waals surface area contributed by atoms with Crippen molar-refractivity contribution >= 4 is 23.5 Å². The van der Waals surface area contributed by atoms with E-state index >= 15 is 0 Å². The van der Waals surface area contributed by atoms with Gasteiger partial charge in [-0.25, -0.2) is 4.79 Å². The van der Waals surface area contributed by atoms with E-state index in [2.05, 4.69) is 12.2 Å². The third-order valence-corrected chi connectivity index (χ3v) is 4.63. The van der Waals surface area contributed by atoms with E-state index in [4.69, 9.17) is 4.74 Å². The Morgan fingerprint density at radius 2 is 1.77 bits per heavy atom. The number of hydrogen-bond acceptors (Lipinski definition) is 4. The molecule has 1 aliphatic heterocycles. The van der Waals surface area contributed by atoms with E-state index in [1.807, 2.05) is 4.90 Å². The van der Waals surface area contributed by atoms with Crippen molar-refractivity contribution in [2.45, 2.75) is 46.0 Å². The fourth-order valence-electron chi connectivity index (χ4n) is 3.03. The molecule has 1 fully saturated rings. The number of amides is 2. The van der Waals surface area contributed by atoms with E-state index in [0.717, 1.165) is 12.8 Å². The van der Waals surface area contributed by atoms with Crippen LogP contribution >= 0.6 is 0 Å². The first kappa shape index (κ1) is 19.9. The van der Waals surface area contributed by atoms with Crippen molar-refractivity contribution in [3.63, 3.8) is 0 Å². The zero-order chi connectivity index (χ0) is 18.9. The molecule has 0 atom stereocenters. The number of nitrogens with one attached hydrogen (secondary N) is 1. The highest BCUT2D eigenvalue weighted by Crippen LogP contribution is 2.21. The first-order valence-electron chi connectivity index (χ1n) is 9.41. The van der Waals surface area contributed by atoms with Gasteiger partial charge in [0.05, 0.1) is 12.2 Å². The molecular weight excluding hydrogens is 332 g/mol. The number of anilines is 1. The minimum absolute atomic E-state index is 0.0328. The molecule has 0 saturated carbocycles. The van der Waals surface area contributed by atoms with Crippen LogP contribution in [0.3, 0.4) is 0 Å². The van der Waals surface area contributed by atoms with Crippen LogP contribution in [0.2, 0.25) is 0 Å². The summed E-state index contributed by atoms with van der Waals surface area (Å²) in [4.78, 5) is 38.0. The van der Waals surface area contributed by atoms with Gasteiger partial charge in [-0.1, -0.05) is 13.3 Å². The highest BCUT2D eigenvalue weighted by atomic mass is 16.5. The molecule has 26 heavy (non-hydrogen) atoms. The molecule has 1 heterocycles. The van der Waals surface area contributed by atoms with Crippen LogP contribution in [0.5, 0.6) is 0 Å². The first-order valence-corrected chi connectivity index (χ1v) is 9.41. The van der Waals surface area contributed by atoms with Gasteiger partial charge < -0.3 is 15.0 Å². The van der Waals surface area contributed by atoms with Crippen LogP contribution < -0.4 is 5.32 Å². The van der Waals surface area contributed by atoms with E-state index in [0.29, 0.717) is 50.2 Å². The van der Waals surface area contributed by atoms with Gasteiger partial charge in [-0.15, -0.1) is 0 Å². The highest BCUT2D eigenvalue weighted by molar-refractivity contribution is 5.94. The Morgan fingerprint density at radius 3 is 2.35 bits per heavy atom. The van der Waals surface area contributed by atoms with Gasteiger partial charge in [-0.05, 0) is 50.5 Å². The second kappa shape index (κ2) is 9.94. The van der Waals surface area contributed by atoms with Crippen LogP contribution in [-0.4, -0.2) is 42.4 Å². The maximum absolute atomic E-state index is 12.4. The number of nitrogens with zero attached hydrogens (tertiary/aromatic N) is 1. The molecule has 0 spiro atoms. The molecule has 2 amide bonds. The van der Waals surface area contributed by atoms with E-state index < -0.39 is 0 Å². The number of carbonyl (C=O) groups excluding carboxylic acids is 3. The van der Waals surface area contributed by atoms with E-state index in [1.54, 1.807) is 31.2 Å². The number of unbranched alkanes of at least 4 members (excludes halogenated alkanes) is 1. The fraction of sp³-hybridized carbons (Fsp3) is 0.550. The summed E-state index contributed by atoms with van der Waals surface area (Å²) >= 11 is 0. The van der Waals surface area contributed by atoms with Gasteiger partial charge >= 0.3 is 5.97 Å². The zero-order valence-corrected chi connectivity index (χ0v) is 15.6. The Morgan fingerprint density at radius 1 is 1.12 bits per heavy atom. The zero-order valence-electron chi connectivity index (χ0n) is 15.6. The molecule has 1 aromatic carbocycles. The van der Waals surface area contributed by atoms with Crippen LogP contribution in [0.25, 0.3) is 0 Å². The summed E-state index contributed by atoms with van der Waals surface area (Å²) in [5, 5.41) is 2.89. The van der Waals surface area contributed by atoms with Crippen molar-refractivity contribution in [1.29, 1.82) is 0 Å². The largest absolute Gasteiger partial charge is 0.462 e. The Labute approximate surface area is 154 Å². The number of ether oxygens (including phenoxy) is 1. The van der Waals surface area contributed by atoms with Crippen molar-refractivity contribution in [3.8, 4) is 0 Å². The van der Waals surface area contributed by atoms with Gasteiger partial charge in [0.15, 0.2) is 0 Å². The van der Waals surface area contributed by atoms with Gasteiger partial charge in [0, 0.05) is 31.1 Å². The minimum Gasteiger partial charge on any atom is -0.462 e. The van der Waals surface area contributed by atoms with Crippen molar-refractivity contribution < 1.29 is 19.1 Å². The molecule has 1 aliphatic rings. The molecule has 6 heteroatoms. The van der Waals surface area contributed by atoms with Gasteiger partial charge in [0.1, 0.15) is 0 Å². The lowest BCUT2D eigenvalue weighted by Gasteiger charge is -2.31. The second-order valence-electron chi connectivity index (χ2n) is 6.55. The number of rotatable bonds is 7. The van der Waals surface area contributed by atoms with Crippen LogP contribution in [0.4, 0.5) is 5.69 Å². The Balaban J connectivity index is 1.82. The standard InChI is InChI=1S/C20H28N2O4/c1-3-5-6-18(23)22-13-11-15(12-14-22)19(24)21-17-9-7-16(8-10-17)20(25)26-4-2/h7-10,15H,3-6,11-14H2,1-2H3,(H,21,24). The topological polar surface area (TPSA) is 75.7 Å². The molecule has 0 bridgehead atoms. The summed E-state index contributed by atoms with van der Waals surface area (Å²) < 4.78 is 4.94. The predicted molar refractivity (Wildman–Crippen MR) is 99.9 cm³/mol. The average Bonchev–Trinajstić information content (AvgIpc) is 2.67. The summed E-state index contributed by atoms with van der Waals surface area (Å²) in [6, 6.07) is 6.69. The fourth-order valence-corrected chi connectivity index (χ4v) is 3.03. The van der Waals surface area contributed by atoms with E-state index in [1.165, 1.54) is 0 Å². The monoisotopic (exact) mass is 360 g/mol. The lowest BCUT2D eigenvalue weighted by atomic mass is 9.95. The summed E-state index contributed by atoms with van der Waals surface area (Å²) in [7, 11) is 0. The van der Waals surface area contributed by atoms with Gasteiger partial charge in [-0.3, -0.25) is 9.59 Å². The molecule has 2 rings (SSSR count). The molecule has 0 unspecified atom stereocenters. The van der Waals surface area contributed by atoms with Gasteiger partial charge in [0.25, 0.3) is 0 Å². The number of hydrogen-bond donors (Lipinski definition) is 1. The van der Waals surface area contributed by atoms with Crippen LogP contribution in [0.15, 0.2) is 24.3 Å². The number of esters is 1.